The van der Waals surface area contributed by atoms with E-state index in [0.29, 0.717) is 11.3 Å². The van der Waals surface area contributed by atoms with Gasteiger partial charge in [-0.2, -0.15) is 0 Å². The smallest absolute Gasteiger partial charge is 0.0540 e. The fraction of sp³-hybridized carbons (Fsp3) is 0.238. The van der Waals surface area contributed by atoms with Crippen LogP contribution in [0.3, 0.4) is 0 Å². The molecule has 0 aliphatic heterocycles. The summed E-state index contributed by atoms with van der Waals surface area (Å²) < 4.78 is 0. The van der Waals surface area contributed by atoms with Crippen molar-refractivity contribution in [3.8, 4) is 33.4 Å². The molecule has 9 aromatic carbocycles. The Morgan fingerprint density at radius 2 is 1.09 bits per heavy atom. The molecule has 6 aliphatic carbocycles. The van der Waals surface area contributed by atoms with Crippen LogP contribution >= 0.6 is 0 Å². The van der Waals surface area contributed by atoms with Crippen LogP contribution in [0.25, 0.3) is 65.7 Å². The average molecular weight is 822 g/mol. The minimum atomic E-state index is 0.138. The van der Waals surface area contributed by atoms with Gasteiger partial charge in [-0.25, -0.2) is 0 Å². The van der Waals surface area contributed by atoms with Crippen molar-refractivity contribution in [2.24, 2.45) is 29.1 Å². The number of nitrogens with zero attached hydrogens (tertiary/aromatic N) is 1. The Balaban J connectivity index is 0.956. The van der Waals surface area contributed by atoms with Gasteiger partial charge in [0.25, 0.3) is 0 Å². The lowest BCUT2D eigenvalue weighted by Crippen LogP contribution is -2.88. The van der Waals surface area contributed by atoms with E-state index in [1.165, 1.54) is 140 Å². The van der Waals surface area contributed by atoms with Gasteiger partial charge in [0.1, 0.15) is 0 Å². The van der Waals surface area contributed by atoms with E-state index in [0.717, 1.165) is 23.7 Å². The van der Waals surface area contributed by atoms with Crippen LogP contribution in [0.2, 0.25) is 0 Å². The predicted octanol–water partition coefficient (Wildman–Crippen LogP) is 16.9. The highest BCUT2D eigenvalue weighted by molar-refractivity contribution is 6.12. The zero-order valence-electron chi connectivity index (χ0n) is 36.3. The standard InChI is InChI=1S/C63H51N/c1-2-14-39(15-3-1)49-25-11-17-41-18-12-27-55(61(41)49)54-23-7-9-29-58(54)64(45-20-10-19-42(34-45)48-24-13-26-50-47-21-5-4-16-40(47)30-32-51(48)50)46-31-33-53-52-22-6-8-28-56(52)63(57(53)38-46)59-36-43-35-44-37-60(63)62(43,44)59/h4-13,16-34,38-39,43-44,59-60H,1-3,14-15,35-37H2. The van der Waals surface area contributed by atoms with Crippen molar-refractivity contribution in [1.29, 1.82) is 0 Å². The number of rotatable bonds is 6. The van der Waals surface area contributed by atoms with Crippen LogP contribution in [0.1, 0.15) is 74.0 Å². The van der Waals surface area contributed by atoms with E-state index in [4.69, 9.17) is 0 Å². The predicted molar refractivity (Wildman–Crippen MR) is 267 cm³/mol. The maximum Gasteiger partial charge on any atom is 0.0540 e. The van der Waals surface area contributed by atoms with Crippen LogP contribution in [0.15, 0.2) is 182 Å². The number of anilines is 3. The summed E-state index contributed by atoms with van der Waals surface area (Å²) in [6.45, 7) is 0. The Morgan fingerprint density at radius 1 is 0.422 bits per heavy atom. The zero-order valence-corrected chi connectivity index (χ0v) is 36.3. The van der Waals surface area contributed by atoms with Crippen molar-refractivity contribution in [1.82, 2.24) is 0 Å². The first-order valence-corrected chi connectivity index (χ1v) is 24.4. The molecule has 5 fully saturated rings. The molecule has 5 saturated carbocycles. The maximum atomic E-state index is 2.67. The molecule has 1 heteroatoms. The van der Waals surface area contributed by atoms with E-state index in [-0.39, 0.29) is 5.41 Å². The number of benzene rings is 9. The van der Waals surface area contributed by atoms with Crippen molar-refractivity contribution < 1.29 is 0 Å². The quantitative estimate of drug-likeness (QED) is 0.151. The minimum absolute atomic E-state index is 0.138. The number of hydrogen-bond donors (Lipinski definition) is 0. The molecule has 6 aliphatic rings. The van der Waals surface area contributed by atoms with Gasteiger partial charge in [-0.3, -0.25) is 0 Å². The van der Waals surface area contributed by atoms with Crippen molar-refractivity contribution in [3.05, 3.63) is 199 Å². The lowest BCUT2D eigenvalue weighted by atomic mass is 9.11. The molecule has 308 valence electrons. The molecule has 0 bridgehead atoms. The molecular formula is C63H51N. The Bertz CT molecular complexity index is 3390. The Labute approximate surface area is 376 Å². The summed E-state index contributed by atoms with van der Waals surface area (Å²) >= 11 is 0. The van der Waals surface area contributed by atoms with Crippen LogP contribution in [0.5, 0.6) is 0 Å². The van der Waals surface area contributed by atoms with E-state index in [1.807, 2.05) is 0 Å². The highest BCUT2D eigenvalue weighted by atomic mass is 15.1. The molecule has 64 heavy (non-hydrogen) atoms. The van der Waals surface area contributed by atoms with Crippen LogP contribution < -0.4 is 4.90 Å². The third-order valence-electron chi connectivity index (χ3n) is 18.3. The number of fused-ring (bicyclic) bond motifs is 11. The molecule has 0 N–H and O–H groups in total. The third-order valence-corrected chi connectivity index (χ3v) is 18.3. The Morgan fingerprint density at radius 3 is 1.97 bits per heavy atom. The molecule has 0 saturated heterocycles. The summed E-state index contributed by atoms with van der Waals surface area (Å²) in [5.74, 6) is 4.11. The lowest BCUT2D eigenvalue weighted by Gasteiger charge is -2.92. The Hall–Kier alpha value is -6.44. The third kappa shape index (κ3) is 4.46. The molecule has 2 spiro atoms. The van der Waals surface area contributed by atoms with Gasteiger partial charge in [0.05, 0.1) is 5.69 Å². The minimum Gasteiger partial charge on any atom is -0.310 e. The van der Waals surface area contributed by atoms with Crippen molar-refractivity contribution in [2.45, 2.75) is 62.7 Å². The number of hydrogen-bond acceptors (Lipinski definition) is 1. The summed E-state index contributed by atoms with van der Waals surface area (Å²) in [6.07, 6.45) is 10.9. The largest absolute Gasteiger partial charge is 0.310 e. The lowest BCUT2D eigenvalue weighted by molar-refractivity contribution is -0.412. The molecule has 0 aromatic heterocycles. The average Bonchev–Trinajstić information content (AvgIpc) is 3.63. The summed E-state index contributed by atoms with van der Waals surface area (Å²) in [7, 11) is 0. The monoisotopic (exact) mass is 821 g/mol. The van der Waals surface area contributed by atoms with Crippen LogP contribution in [0, 0.1) is 29.1 Å². The molecule has 4 unspecified atom stereocenters. The first kappa shape index (κ1) is 36.0. The van der Waals surface area contributed by atoms with Gasteiger partial charge in [-0.15, -0.1) is 0 Å². The topological polar surface area (TPSA) is 3.24 Å². The first-order valence-electron chi connectivity index (χ1n) is 24.4. The van der Waals surface area contributed by atoms with E-state index in [1.54, 1.807) is 11.1 Å². The van der Waals surface area contributed by atoms with Crippen molar-refractivity contribution in [3.63, 3.8) is 0 Å². The summed E-state index contributed by atoms with van der Waals surface area (Å²) in [6, 6.07) is 70.3. The number of para-hydroxylation sites is 1. The normalized spacial score (nSPS) is 25.7. The molecule has 0 radical (unpaired) electrons. The summed E-state index contributed by atoms with van der Waals surface area (Å²) in [4.78, 5) is 2.63. The molecule has 15 rings (SSSR count). The van der Waals surface area contributed by atoms with Gasteiger partial charge in [0.15, 0.2) is 0 Å². The highest BCUT2D eigenvalue weighted by Gasteiger charge is 2.90. The molecule has 4 atom stereocenters. The van der Waals surface area contributed by atoms with Gasteiger partial charge in [-0.1, -0.05) is 171 Å². The molecule has 0 amide bonds. The van der Waals surface area contributed by atoms with E-state index in [2.05, 4.69) is 187 Å². The van der Waals surface area contributed by atoms with Gasteiger partial charge >= 0.3 is 0 Å². The van der Waals surface area contributed by atoms with Gasteiger partial charge in [-0.05, 0) is 174 Å². The van der Waals surface area contributed by atoms with Crippen molar-refractivity contribution in [2.75, 3.05) is 4.90 Å². The van der Waals surface area contributed by atoms with Crippen LogP contribution in [-0.4, -0.2) is 0 Å². The van der Waals surface area contributed by atoms with E-state index in [9.17, 15) is 0 Å². The van der Waals surface area contributed by atoms with Gasteiger partial charge < -0.3 is 4.90 Å². The SMILES string of the molecule is c1cc(-c2cccc3c2ccc2ccccc23)cc(N(c2ccc3c(c2)C2(c4ccccc4-3)C3CC4CC5CC2C453)c2ccccc2-c2cccc3cccc(C4CCCCC4)c23)c1. The fourth-order valence-electron chi connectivity index (χ4n) is 15.9. The second-order valence-electron chi connectivity index (χ2n) is 20.5. The van der Waals surface area contributed by atoms with Crippen LogP contribution in [-0.2, 0) is 5.41 Å². The molecule has 9 aromatic rings. The zero-order chi connectivity index (χ0) is 41.7. The summed E-state index contributed by atoms with van der Waals surface area (Å²) in [5, 5.41) is 7.96. The van der Waals surface area contributed by atoms with E-state index >= 15 is 0 Å². The molecular weight excluding hydrogens is 771 g/mol. The fourth-order valence-corrected chi connectivity index (χ4v) is 15.9. The Kier molecular flexibility index (Phi) is 7.35. The molecule has 0 heterocycles. The van der Waals surface area contributed by atoms with Crippen LogP contribution in [0.4, 0.5) is 17.1 Å². The second-order valence-corrected chi connectivity index (χ2v) is 20.5. The molecule has 1 nitrogen and oxygen atoms in total. The summed E-state index contributed by atoms with van der Waals surface area (Å²) in [5.41, 5.74) is 17.3. The van der Waals surface area contributed by atoms with E-state index < -0.39 is 0 Å². The maximum absolute atomic E-state index is 2.67. The van der Waals surface area contributed by atoms with Crippen molar-refractivity contribution >= 4 is 49.4 Å². The van der Waals surface area contributed by atoms with Gasteiger partial charge in [0, 0.05) is 22.4 Å². The van der Waals surface area contributed by atoms with Gasteiger partial charge in [0.2, 0.25) is 0 Å². The second kappa shape index (κ2) is 13.1. The highest BCUT2D eigenvalue weighted by Crippen LogP contribution is 2.94. The first-order chi connectivity index (χ1) is 31.7.